The molecule has 2 atom stereocenters. The van der Waals surface area contributed by atoms with Crippen molar-refractivity contribution in [1.82, 2.24) is 9.21 Å². The molecule has 0 spiro atoms. The van der Waals surface area contributed by atoms with Gasteiger partial charge in [-0.05, 0) is 24.7 Å². The summed E-state index contributed by atoms with van der Waals surface area (Å²) in [6.45, 7) is 2.99. The predicted molar refractivity (Wildman–Crippen MR) is 91.4 cm³/mol. The quantitative estimate of drug-likeness (QED) is 0.807. The number of hydrogen-bond acceptors (Lipinski definition) is 4. The number of hydrogen-bond donors (Lipinski definition) is 0. The summed E-state index contributed by atoms with van der Waals surface area (Å²) in [6, 6.07) is 5.01. The summed E-state index contributed by atoms with van der Waals surface area (Å²) in [7, 11) is -1.41. The highest BCUT2D eigenvalue weighted by atomic mass is 35.5. The van der Waals surface area contributed by atoms with Crippen LogP contribution in [0.1, 0.15) is 5.56 Å². The third kappa shape index (κ3) is 4.00. The summed E-state index contributed by atoms with van der Waals surface area (Å²) in [6.07, 6.45) is 0. The van der Waals surface area contributed by atoms with Gasteiger partial charge in [-0.15, -0.1) is 0 Å². The maximum Gasteiger partial charge on any atom is 0.218 e. The van der Waals surface area contributed by atoms with Crippen molar-refractivity contribution in [2.75, 3.05) is 39.9 Å². The number of halogens is 2. The first-order valence-electron chi connectivity index (χ1n) is 7.55. The Labute approximate surface area is 147 Å². The largest absolute Gasteiger partial charge is 0.379 e. The Morgan fingerprint density at radius 2 is 2.00 bits per heavy atom. The van der Waals surface area contributed by atoms with Crippen LogP contribution >= 0.6 is 23.2 Å². The van der Waals surface area contributed by atoms with E-state index in [4.69, 9.17) is 27.9 Å². The van der Waals surface area contributed by atoms with Gasteiger partial charge < -0.3 is 4.74 Å². The summed E-state index contributed by atoms with van der Waals surface area (Å²) >= 11 is 12.0. The number of likely N-dealkylation sites (N-methyl/N-ethyl adjacent to an activating group) is 1. The lowest BCUT2D eigenvalue weighted by atomic mass is 10.1. The summed E-state index contributed by atoms with van der Waals surface area (Å²) in [5.41, 5.74) is 0.579. The minimum Gasteiger partial charge on any atom is -0.379 e. The molecule has 1 aromatic rings. The van der Waals surface area contributed by atoms with Gasteiger partial charge in [0, 0.05) is 41.6 Å². The molecule has 0 N–H and O–H groups in total. The molecular formula is C15H20Cl2N2O3S. The van der Waals surface area contributed by atoms with Crippen molar-refractivity contribution >= 4 is 33.2 Å². The topological polar surface area (TPSA) is 49.9 Å². The zero-order valence-electron chi connectivity index (χ0n) is 12.9. The summed E-state index contributed by atoms with van der Waals surface area (Å²) in [5.74, 6) is 0.0930. The van der Waals surface area contributed by atoms with Gasteiger partial charge in [0.05, 0.1) is 19.0 Å². The van der Waals surface area contributed by atoms with Crippen LogP contribution < -0.4 is 0 Å². The number of fused-ring (bicyclic) bond motifs is 3. The fraction of sp³-hybridized carbons (Fsp3) is 0.600. The molecule has 2 saturated heterocycles. The molecule has 128 valence electrons. The molecule has 0 saturated carbocycles. The van der Waals surface area contributed by atoms with Crippen LogP contribution in [0.25, 0.3) is 0 Å². The van der Waals surface area contributed by atoms with Crippen LogP contribution in [0.15, 0.2) is 18.2 Å². The fourth-order valence-electron chi connectivity index (χ4n) is 3.16. The Bertz CT molecular complexity index is 683. The Morgan fingerprint density at radius 1 is 1.22 bits per heavy atom. The minimum absolute atomic E-state index is 0.0953. The average Bonchev–Trinajstić information content (AvgIpc) is 2.70. The Hall–Kier alpha value is -0.370. The van der Waals surface area contributed by atoms with E-state index in [0.29, 0.717) is 41.9 Å². The molecule has 3 rings (SSSR count). The van der Waals surface area contributed by atoms with Crippen LogP contribution in [0.2, 0.25) is 10.0 Å². The Balaban J connectivity index is 1.81. The van der Waals surface area contributed by atoms with Crippen LogP contribution in [0.5, 0.6) is 0 Å². The van der Waals surface area contributed by atoms with E-state index >= 15 is 0 Å². The smallest absolute Gasteiger partial charge is 0.218 e. The average molecular weight is 379 g/mol. The van der Waals surface area contributed by atoms with Crippen molar-refractivity contribution in [3.8, 4) is 0 Å². The molecule has 2 aliphatic rings. The van der Waals surface area contributed by atoms with E-state index in [9.17, 15) is 8.42 Å². The molecule has 0 aromatic heterocycles. The van der Waals surface area contributed by atoms with Crippen LogP contribution in [-0.2, 0) is 20.5 Å². The lowest BCUT2D eigenvalue weighted by Gasteiger charge is -2.29. The lowest BCUT2D eigenvalue weighted by Crippen LogP contribution is -2.45. The van der Waals surface area contributed by atoms with Crippen molar-refractivity contribution in [3.05, 3.63) is 33.8 Å². The van der Waals surface area contributed by atoms with E-state index in [1.54, 1.807) is 22.5 Å². The molecular weight excluding hydrogens is 359 g/mol. The molecule has 2 bridgehead atoms. The minimum atomic E-state index is -3.44. The zero-order chi connectivity index (χ0) is 16.6. The van der Waals surface area contributed by atoms with E-state index in [0.717, 1.165) is 6.54 Å². The molecule has 0 unspecified atom stereocenters. The Morgan fingerprint density at radius 3 is 2.74 bits per heavy atom. The van der Waals surface area contributed by atoms with Crippen LogP contribution in [-0.4, -0.2) is 63.6 Å². The lowest BCUT2D eigenvalue weighted by molar-refractivity contribution is 0.0727. The van der Waals surface area contributed by atoms with Gasteiger partial charge in [0.25, 0.3) is 0 Å². The molecule has 0 radical (unpaired) electrons. The standard InChI is InChI=1S/C15H20Cl2N2O3S/c1-18-5-11-6-19(7-14(18)9-22-8-11)23(20,21)10-12-2-3-13(16)4-15(12)17/h2-4,11,14H,5-10H2,1H3/t11-,14+/m1/s1. The predicted octanol–water partition coefficient (Wildman–Crippen LogP) is 2.09. The molecule has 2 heterocycles. The number of sulfonamides is 1. The van der Waals surface area contributed by atoms with Gasteiger partial charge in [-0.2, -0.15) is 4.31 Å². The maximum absolute atomic E-state index is 12.9. The Kier molecular flexibility index (Phi) is 5.21. The van der Waals surface area contributed by atoms with Crippen molar-refractivity contribution in [1.29, 1.82) is 0 Å². The van der Waals surface area contributed by atoms with Crippen molar-refractivity contribution in [2.24, 2.45) is 5.92 Å². The first kappa shape index (κ1) is 17.5. The monoisotopic (exact) mass is 378 g/mol. The normalized spacial score (nSPS) is 26.9. The number of benzene rings is 1. The fourth-order valence-corrected chi connectivity index (χ4v) is 5.38. The van der Waals surface area contributed by atoms with Crippen molar-refractivity contribution in [3.63, 3.8) is 0 Å². The van der Waals surface area contributed by atoms with E-state index < -0.39 is 10.0 Å². The van der Waals surface area contributed by atoms with E-state index in [-0.39, 0.29) is 17.7 Å². The van der Waals surface area contributed by atoms with Gasteiger partial charge in [-0.25, -0.2) is 8.42 Å². The van der Waals surface area contributed by atoms with E-state index in [2.05, 4.69) is 4.90 Å². The first-order valence-corrected chi connectivity index (χ1v) is 9.91. The molecule has 5 nitrogen and oxygen atoms in total. The summed E-state index contributed by atoms with van der Waals surface area (Å²) in [4.78, 5) is 2.20. The van der Waals surface area contributed by atoms with E-state index in [1.807, 2.05) is 7.05 Å². The highest BCUT2D eigenvalue weighted by Crippen LogP contribution is 2.26. The number of rotatable bonds is 3. The van der Waals surface area contributed by atoms with Crippen molar-refractivity contribution in [2.45, 2.75) is 11.8 Å². The third-order valence-corrected chi connectivity index (χ3v) is 6.80. The zero-order valence-corrected chi connectivity index (χ0v) is 15.2. The molecule has 23 heavy (non-hydrogen) atoms. The summed E-state index contributed by atoms with van der Waals surface area (Å²) in [5, 5.41) is 0.885. The molecule has 2 fully saturated rings. The first-order chi connectivity index (χ1) is 10.8. The highest BCUT2D eigenvalue weighted by Gasteiger charge is 2.36. The summed E-state index contributed by atoms with van der Waals surface area (Å²) < 4.78 is 33.0. The van der Waals surface area contributed by atoms with Gasteiger partial charge in [0.15, 0.2) is 0 Å². The van der Waals surface area contributed by atoms with Crippen LogP contribution in [0.4, 0.5) is 0 Å². The second kappa shape index (κ2) is 6.86. The molecule has 1 aromatic carbocycles. The maximum atomic E-state index is 12.9. The second-order valence-electron chi connectivity index (χ2n) is 6.31. The van der Waals surface area contributed by atoms with Gasteiger partial charge in [-0.3, -0.25) is 4.90 Å². The molecule has 2 aliphatic heterocycles. The third-order valence-electron chi connectivity index (χ3n) is 4.46. The molecule has 0 aliphatic carbocycles. The van der Waals surface area contributed by atoms with Gasteiger partial charge in [0.2, 0.25) is 10.0 Å². The van der Waals surface area contributed by atoms with Gasteiger partial charge in [-0.1, -0.05) is 29.3 Å². The van der Waals surface area contributed by atoms with Crippen LogP contribution in [0.3, 0.4) is 0 Å². The number of ether oxygens (including phenoxy) is 1. The van der Waals surface area contributed by atoms with Crippen molar-refractivity contribution < 1.29 is 13.2 Å². The highest BCUT2D eigenvalue weighted by molar-refractivity contribution is 7.88. The van der Waals surface area contributed by atoms with Gasteiger partial charge >= 0.3 is 0 Å². The van der Waals surface area contributed by atoms with Gasteiger partial charge in [0.1, 0.15) is 0 Å². The van der Waals surface area contributed by atoms with Crippen LogP contribution in [0, 0.1) is 5.92 Å². The SMILES string of the molecule is CN1C[C@H]2COC[C@@H]1CN(S(=O)(=O)Cc1ccc(Cl)cc1Cl)C2. The molecule has 0 amide bonds. The molecule has 8 heteroatoms. The number of nitrogens with zero attached hydrogens (tertiary/aromatic N) is 2. The second-order valence-corrected chi connectivity index (χ2v) is 9.12. The van der Waals surface area contributed by atoms with E-state index in [1.165, 1.54) is 0 Å².